The predicted molar refractivity (Wildman–Crippen MR) is 105 cm³/mol. The summed E-state index contributed by atoms with van der Waals surface area (Å²) in [4.78, 5) is 21.3. The Morgan fingerprint density at radius 3 is 2.60 bits per heavy atom. The first-order valence-corrected chi connectivity index (χ1v) is 9.85. The molecule has 7 heteroatoms. The molecule has 1 amide bonds. The second-order valence-corrected chi connectivity index (χ2v) is 7.22. The van der Waals surface area contributed by atoms with E-state index in [0.717, 1.165) is 22.7 Å². The maximum Gasteiger partial charge on any atom is 0.242 e. The van der Waals surface area contributed by atoms with Gasteiger partial charge in [0.05, 0.1) is 0 Å². The average Bonchev–Trinajstić information content (AvgIpc) is 2.55. The molecule has 0 unspecified atom stereocenters. The van der Waals surface area contributed by atoms with Crippen LogP contribution in [-0.2, 0) is 11.3 Å². The first-order valence-electron chi connectivity index (χ1n) is 8.08. The van der Waals surface area contributed by atoms with Gasteiger partial charge >= 0.3 is 0 Å². The number of carbonyl (C=O) groups is 1. The molecule has 5 nitrogen and oxygen atoms in total. The van der Waals surface area contributed by atoms with Gasteiger partial charge in [-0.2, -0.15) is 11.8 Å². The summed E-state index contributed by atoms with van der Waals surface area (Å²) >= 11 is 7.69. The summed E-state index contributed by atoms with van der Waals surface area (Å²) in [5.74, 6) is 1.28. The topological polar surface area (TPSA) is 66.9 Å². The van der Waals surface area contributed by atoms with Crippen LogP contribution >= 0.6 is 23.4 Å². The highest BCUT2D eigenvalue weighted by molar-refractivity contribution is 7.98. The Labute approximate surface area is 158 Å². The van der Waals surface area contributed by atoms with Crippen LogP contribution in [0.3, 0.4) is 0 Å². The maximum atomic E-state index is 12.6. The molecule has 0 saturated carbocycles. The lowest BCUT2D eigenvalue weighted by Gasteiger charge is -2.18. The molecule has 2 rings (SSSR count). The van der Waals surface area contributed by atoms with E-state index in [1.165, 1.54) is 0 Å². The molecule has 25 heavy (non-hydrogen) atoms. The van der Waals surface area contributed by atoms with Crippen molar-refractivity contribution >= 4 is 35.2 Å². The molecule has 0 bridgehead atoms. The third-order valence-corrected chi connectivity index (χ3v) is 4.45. The van der Waals surface area contributed by atoms with Gasteiger partial charge in [0.25, 0.3) is 0 Å². The molecule has 0 saturated heterocycles. The number of rotatable bonds is 8. The van der Waals surface area contributed by atoms with Crippen molar-refractivity contribution < 1.29 is 4.79 Å². The van der Waals surface area contributed by atoms with E-state index in [4.69, 9.17) is 11.6 Å². The number of anilines is 1. The van der Waals surface area contributed by atoms with Crippen molar-refractivity contribution in [3.63, 3.8) is 0 Å². The summed E-state index contributed by atoms with van der Waals surface area (Å²) in [6.07, 6.45) is 2.72. The van der Waals surface area contributed by atoms with Crippen molar-refractivity contribution in [1.29, 1.82) is 0 Å². The Balaban J connectivity index is 2.03. The number of nitrogens with zero attached hydrogens (tertiary/aromatic N) is 2. The number of thioether (sulfide) groups is 1. The van der Waals surface area contributed by atoms with Crippen LogP contribution in [0.15, 0.2) is 30.3 Å². The summed E-state index contributed by atoms with van der Waals surface area (Å²) in [5, 5.41) is 6.79. The number of aryl methyl sites for hydroxylation is 2. The minimum atomic E-state index is -0.382. The van der Waals surface area contributed by atoms with E-state index in [1.807, 2.05) is 50.4 Å². The molecule has 2 aromatic rings. The summed E-state index contributed by atoms with van der Waals surface area (Å²) in [6.45, 7) is 4.26. The first kappa shape index (κ1) is 19.5. The van der Waals surface area contributed by atoms with Crippen LogP contribution in [0.5, 0.6) is 0 Å². The fourth-order valence-corrected chi connectivity index (χ4v) is 3.09. The van der Waals surface area contributed by atoms with Crippen molar-refractivity contribution in [3.8, 4) is 0 Å². The highest BCUT2D eigenvalue weighted by Crippen LogP contribution is 2.12. The molecule has 1 aromatic heterocycles. The Kier molecular flexibility index (Phi) is 7.52. The number of amides is 1. The average molecular weight is 379 g/mol. The van der Waals surface area contributed by atoms with E-state index in [1.54, 1.807) is 11.8 Å². The zero-order valence-corrected chi connectivity index (χ0v) is 16.2. The standard InChI is InChI=1S/C18H23ClN4OS/c1-12-9-13(2)22-18(21-12)23-16(7-8-25-3)17(24)20-11-14-5-4-6-15(19)10-14/h4-6,9-10,16H,7-8,11H2,1-3H3,(H,20,24)(H,21,22,23)/t16-/m1/s1. The largest absolute Gasteiger partial charge is 0.350 e. The van der Waals surface area contributed by atoms with E-state index < -0.39 is 0 Å². The van der Waals surface area contributed by atoms with Crippen LogP contribution in [0.25, 0.3) is 0 Å². The van der Waals surface area contributed by atoms with Gasteiger partial charge in [0.15, 0.2) is 0 Å². The lowest BCUT2D eigenvalue weighted by molar-refractivity contribution is -0.122. The highest BCUT2D eigenvalue weighted by atomic mass is 35.5. The van der Waals surface area contributed by atoms with Crippen molar-refractivity contribution in [2.45, 2.75) is 32.9 Å². The zero-order chi connectivity index (χ0) is 18.2. The lowest BCUT2D eigenvalue weighted by Crippen LogP contribution is -2.40. The Morgan fingerprint density at radius 1 is 1.24 bits per heavy atom. The van der Waals surface area contributed by atoms with Gasteiger partial charge < -0.3 is 10.6 Å². The fraction of sp³-hybridized carbons (Fsp3) is 0.389. The summed E-state index contributed by atoms with van der Waals surface area (Å²) in [7, 11) is 0. The summed E-state index contributed by atoms with van der Waals surface area (Å²) < 4.78 is 0. The third kappa shape index (κ3) is 6.55. The molecular weight excluding hydrogens is 356 g/mol. The number of halogens is 1. The number of hydrogen-bond acceptors (Lipinski definition) is 5. The SMILES string of the molecule is CSCC[C@@H](Nc1nc(C)cc(C)n1)C(=O)NCc1cccc(Cl)c1. The Hall–Kier alpha value is -1.79. The van der Waals surface area contributed by atoms with Crippen LogP contribution in [-0.4, -0.2) is 33.9 Å². The van der Waals surface area contributed by atoms with Gasteiger partial charge in [-0.15, -0.1) is 0 Å². The highest BCUT2D eigenvalue weighted by Gasteiger charge is 2.19. The summed E-state index contributed by atoms with van der Waals surface area (Å²) in [6, 6.07) is 8.99. The van der Waals surface area contributed by atoms with Gasteiger partial charge in [-0.1, -0.05) is 23.7 Å². The van der Waals surface area contributed by atoms with Crippen LogP contribution in [0.2, 0.25) is 5.02 Å². The molecular formula is C18H23ClN4OS. The van der Waals surface area contributed by atoms with E-state index in [2.05, 4.69) is 20.6 Å². The van der Waals surface area contributed by atoms with Crippen LogP contribution < -0.4 is 10.6 Å². The van der Waals surface area contributed by atoms with Crippen LogP contribution in [0.1, 0.15) is 23.4 Å². The van der Waals surface area contributed by atoms with Gasteiger partial charge in [-0.3, -0.25) is 4.79 Å². The van der Waals surface area contributed by atoms with E-state index >= 15 is 0 Å². The second kappa shape index (κ2) is 9.63. The molecule has 0 aliphatic carbocycles. The Bertz CT molecular complexity index is 706. The Morgan fingerprint density at radius 2 is 1.96 bits per heavy atom. The van der Waals surface area contributed by atoms with Gasteiger partial charge in [0, 0.05) is 23.0 Å². The smallest absolute Gasteiger partial charge is 0.242 e. The molecule has 1 heterocycles. The minimum absolute atomic E-state index is 0.0724. The quantitative estimate of drug-likeness (QED) is 0.734. The number of nitrogens with one attached hydrogen (secondary N) is 2. The van der Waals surface area contributed by atoms with Crippen molar-refractivity contribution in [2.24, 2.45) is 0 Å². The van der Waals surface area contributed by atoms with E-state index in [9.17, 15) is 4.79 Å². The number of aromatic nitrogens is 2. The lowest BCUT2D eigenvalue weighted by atomic mass is 10.2. The van der Waals surface area contributed by atoms with E-state index in [-0.39, 0.29) is 11.9 Å². The van der Waals surface area contributed by atoms with Gasteiger partial charge in [-0.25, -0.2) is 9.97 Å². The van der Waals surface area contributed by atoms with E-state index in [0.29, 0.717) is 23.9 Å². The molecule has 1 aromatic carbocycles. The van der Waals surface area contributed by atoms with Gasteiger partial charge in [0.2, 0.25) is 11.9 Å². The third-order valence-electron chi connectivity index (χ3n) is 3.57. The number of hydrogen-bond donors (Lipinski definition) is 2. The van der Waals surface area contributed by atoms with Crippen molar-refractivity contribution in [2.75, 3.05) is 17.3 Å². The van der Waals surface area contributed by atoms with Gasteiger partial charge in [0.1, 0.15) is 6.04 Å². The molecule has 2 N–H and O–H groups in total. The molecule has 0 fully saturated rings. The molecule has 0 aliphatic rings. The monoisotopic (exact) mass is 378 g/mol. The van der Waals surface area contributed by atoms with Crippen molar-refractivity contribution in [1.82, 2.24) is 15.3 Å². The number of benzene rings is 1. The minimum Gasteiger partial charge on any atom is -0.350 e. The molecule has 0 aliphatic heterocycles. The molecule has 0 radical (unpaired) electrons. The first-order chi connectivity index (χ1) is 12.0. The zero-order valence-electron chi connectivity index (χ0n) is 14.7. The second-order valence-electron chi connectivity index (χ2n) is 5.80. The summed E-state index contributed by atoms with van der Waals surface area (Å²) in [5.41, 5.74) is 2.71. The van der Waals surface area contributed by atoms with Crippen LogP contribution in [0.4, 0.5) is 5.95 Å². The van der Waals surface area contributed by atoms with Crippen LogP contribution in [0, 0.1) is 13.8 Å². The maximum absolute atomic E-state index is 12.6. The molecule has 1 atom stereocenters. The fourth-order valence-electron chi connectivity index (χ4n) is 2.41. The predicted octanol–water partition coefficient (Wildman–Crippen LogP) is 3.60. The molecule has 134 valence electrons. The normalized spacial score (nSPS) is 11.8. The van der Waals surface area contributed by atoms with Gasteiger partial charge in [-0.05, 0) is 56.0 Å². The van der Waals surface area contributed by atoms with Crippen molar-refractivity contribution in [3.05, 3.63) is 52.3 Å². The number of carbonyl (C=O) groups excluding carboxylic acids is 1. The molecule has 0 spiro atoms.